The number of H-pyrrole nitrogens is 1. The third-order valence-corrected chi connectivity index (χ3v) is 8.09. The van der Waals surface area contributed by atoms with E-state index >= 15 is 0 Å². The van der Waals surface area contributed by atoms with Gasteiger partial charge in [-0.1, -0.05) is 0 Å². The summed E-state index contributed by atoms with van der Waals surface area (Å²) in [5.41, 5.74) is 4.58. The molecule has 2 aromatic rings. The quantitative estimate of drug-likeness (QED) is 0.192. The molecule has 0 aromatic carbocycles. The van der Waals surface area contributed by atoms with Crippen molar-refractivity contribution < 1.29 is 56.5 Å². The smallest absolute Gasteiger partial charge is 0.387 e. The number of nitrogens with zero attached hydrogens (tertiary/aromatic N) is 3. The molecule has 0 bridgehead atoms. The predicted octanol–water partition coefficient (Wildman–Crippen LogP) is -1.61. The van der Waals surface area contributed by atoms with Crippen LogP contribution in [0.15, 0.2) is 11.1 Å². The molecule has 0 amide bonds. The number of hydrogen-bond acceptors (Lipinski definition) is 13. The molecule has 180 valence electrons. The van der Waals surface area contributed by atoms with Gasteiger partial charge in [0.05, 0.1) is 12.9 Å². The number of aliphatic hydroxyl groups excluding tert-OH is 2. The lowest BCUT2D eigenvalue weighted by Crippen LogP contribution is -2.33. The molecule has 1 aliphatic heterocycles. The zero-order chi connectivity index (χ0) is 24.1. The molecule has 0 saturated carbocycles. The van der Waals surface area contributed by atoms with Crippen LogP contribution >= 0.6 is 23.2 Å². The molecule has 0 spiro atoms. The molecule has 32 heavy (non-hydrogen) atoms. The fraction of sp³-hybridized carbons (Fsp3) is 0.545. The normalized spacial score (nSPS) is 29.4. The van der Waals surface area contributed by atoms with Gasteiger partial charge < -0.3 is 35.4 Å². The maximum absolute atomic E-state index is 11.9. The van der Waals surface area contributed by atoms with E-state index in [1.54, 1.807) is 0 Å². The molecule has 7 atom stereocenters. The van der Waals surface area contributed by atoms with E-state index in [-0.39, 0.29) is 17.1 Å². The van der Waals surface area contributed by atoms with Crippen molar-refractivity contribution in [1.82, 2.24) is 19.5 Å². The third-order valence-electron chi connectivity index (χ3n) is 3.92. The van der Waals surface area contributed by atoms with Crippen molar-refractivity contribution in [2.45, 2.75) is 24.5 Å². The molecule has 0 aliphatic carbocycles. The van der Waals surface area contributed by atoms with Gasteiger partial charge in [-0.3, -0.25) is 23.4 Å². The third kappa shape index (κ3) is 5.69. The minimum atomic E-state index is -5.48. The number of aliphatic hydroxyl groups is 2. The molecule has 3 rings (SSSR count). The summed E-state index contributed by atoms with van der Waals surface area (Å²) in [6.07, 6.45) is -5.15. The number of nitrogen functional groups attached to an aromatic ring is 1. The summed E-state index contributed by atoms with van der Waals surface area (Å²) in [7, 11) is -15.4. The maximum Gasteiger partial charge on any atom is 0.488 e. The van der Waals surface area contributed by atoms with Crippen LogP contribution in [0.3, 0.4) is 0 Å². The van der Waals surface area contributed by atoms with Gasteiger partial charge in [-0.25, -0.2) is 18.4 Å². The molecular formula is C11H18N5O13P3. The number of phosphoric acid groups is 2. The second kappa shape index (κ2) is 8.68. The molecule has 2 aromatic heterocycles. The number of nitrogens with one attached hydrogen (secondary N) is 1. The average molecular weight is 521 g/mol. The number of anilines is 1. The van der Waals surface area contributed by atoms with Crippen LogP contribution in [0.2, 0.25) is 0 Å². The zero-order valence-electron chi connectivity index (χ0n) is 15.9. The summed E-state index contributed by atoms with van der Waals surface area (Å²) in [5, 5.41) is 20.5. The second-order valence-electron chi connectivity index (χ2n) is 6.52. The fourth-order valence-corrected chi connectivity index (χ4v) is 6.24. The fourth-order valence-electron chi connectivity index (χ4n) is 2.75. The highest BCUT2D eigenvalue weighted by molar-refractivity contribution is 7.68. The standard InChI is InChI=1S/C11H18N5O13P3/c1-30(20,21)28-32(24,25)29-31(22,23)26-2-4-6(17)7(18)10(27-4)16-3-13-5-8(16)14-11(12)15-9(5)19/h3-4,6-7,10,17-18H,2H2,1H3,(H,20,21)(H,22,23)(H,24,25)(H3,12,14,15,19)/t4-,6?,7?,10-/m1/s1. The number of ether oxygens (including phenoxy) is 1. The Kier molecular flexibility index (Phi) is 6.81. The van der Waals surface area contributed by atoms with Crippen LogP contribution in [-0.4, -0.2) is 76.0 Å². The van der Waals surface area contributed by atoms with E-state index in [1.807, 2.05) is 0 Å². The Hall–Kier alpha value is -1.52. The van der Waals surface area contributed by atoms with Gasteiger partial charge in [0, 0.05) is 6.66 Å². The summed E-state index contributed by atoms with van der Waals surface area (Å²) in [6.45, 7) is -0.420. The minimum absolute atomic E-state index is 0.0911. The largest absolute Gasteiger partial charge is 0.488 e. The number of aromatic amines is 1. The molecule has 1 aliphatic rings. The number of fused-ring (bicyclic) bond motifs is 1. The number of nitrogens with two attached hydrogens (primary N) is 1. The zero-order valence-corrected chi connectivity index (χ0v) is 18.5. The lowest BCUT2D eigenvalue weighted by Gasteiger charge is -2.19. The lowest BCUT2D eigenvalue weighted by atomic mass is 10.1. The van der Waals surface area contributed by atoms with Crippen LogP contribution in [0.25, 0.3) is 11.2 Å². The summed E-state index contributed by atoms with van der Waals surface area (Å²) in [4.78, 5) is 49.6. The number of rotatable bonds is 8. The molecule has 18 nitrogen and oxygen atoms in total. The van der Waals surface area contributed by atoms with Crippen LogP contribution in [0.5, 0.6) is 0 Å². The molecule has 1 saturated heterocycles. The molecule has 5 unspecified atom stereocenters. The first kappa shape index (κ1) is 25.1. The van der Waals surface area contributed by atoms with E-state index in [4.69, 9.17) is 15.4 Å². The number of aromatic nitrogens is 4. The highest BCUT2D eigenvalue weighted by atomic mass is 31.3. The van der Waals surface area contributed by atoms with Crippen LogP contribution in [0.4, 0.5) is 5.95 Å². The topological polar surface area (TPSA) is 279 Å². The van der Waals surface area contributed by atoms with Crippen LogP contribution in [0.1, 0.15) is 6.23 Å². The average Bonchev–Trinajstić information content (AvgIpc) is 3.12. The van der Waals surface area contributed by atoms with Gasteiger partial charge in [0.25, 0.3) is 5.56 Å². The van der Waals surface area contributed by atoms with Crippen molar-refractivity contribution in [3.8, 4) is 0 Å². The summed E-state index contributed by atoms with van der Waals surface area (Å²) in [5.74, 6) is -0.259. The number of hydrogen-bond donors (Lipinski definition) is 7. The van der Waals surface area contributed by atoms with Crippen molar-refractivity contribution >= 4 is 40.4 Å². The van der Waals surface area contributed by atoms with Crippen molar-refractivity contribution in [1.29, 1.82) is 0 Å². The van der Waals surface area contributed by atoms with Crippen molar-refractivity contribution in [2.24, 2.45) is 0 Å². The lowest BCUT2D eigenvalue weighted by molar-refractivity contribution is -0.0503. The van der Waals surface area contributed by atoms with E-state index in [0.717, 1.165) is 10.9 Å². The Morgan fingerprint density at radius 2 is 1.84 bits per heavy atom. The maximum atomic E-state index is 11.9. The Balaban J connectivity index is 1.72. The van der Waals surface area contributed by atoms with Crippen LogP contribution in [-0.2, 0) is 31.6 Å². The van der Waals surface area contributed by atoms with Crippen molar-refractivity contribution in [3.63, 3.8) is 0 Å². The molecule has 21 heteroatoms. The molecule has 0 radical (unpaired) electrons. The second-order valence-corrected chi connectivity index (χ2v) is 11.6. The Morgan fingerprint density at radius 1 is 1.19 bits per heavy atom. The van der Waals surface area contributed by atoms with Crippen LogP contribution in [0, 0.1) is 0 Å². The molecule has 1 fully saturated rings. The van der Waals surface area contributed by atoms with Gasteiger partial charge in [-0.2, -0.15) is 9.29 Å². The monoisotopic (exact) mass is 521 g/mol. The van der Waals surface area contributed by atoms with Crippen LogP contribution < -0.4 is 11.3 Å². The highest BCUT2D eigenvalue weighted by Crippen LogP contribution is 2.66. The summed E-state index contributed by atoms with van der Waals surface area (Å²) >= 11 is 0. The van der Waals surface area contributed by atoms with Crippen molar-refractivity contribution in [3.05, 3.63) is 16.7 Å². The number of phosphoric ester groups is 1. The van der Waals surface area contributed by atoms with E-state index in [2.05, 4.69) is 28.1 Å². The van der Waals surface area contributed by atoms with Gasteiger partial charge >= 0.3 is 23.2 Å². The van der Waals surface area contributed by atoms with E-state index in [9.17, 15) is 38.5 Å². The van der Waals surface area contributed by atoms with Gasteiger partial charge in [0.1, 0.15) is 18.3 Å². The summed E-state index contributed by atoms with van der Waals surface area (Å²) in [6, 6.07) is 0. The van der Waals surface area contributed by atoms with Gasteiger partial charge in [0.15, 0.2) is 17.4 Å². The molecule has 8 N–H and O–H groups in total. The minimum Gasteiger partial charge on any atom is -0.387 e. The Morgan fingerprint density at radius 3 is 2.47 bits per heavy atom. The first-order valence-corrected chi connectivity index (χ1v) is 13.4. The van der Waals surface area contributed by atoms with Gasteiger partial charge in [0.2, 0.25) is 5.95 Å². The molecule has 3 heterocycles. The van der Waals surface area contributed by atoms with E-state index < -0.39 is 59.9 Å². The summed E-state index contributed by atoms with van der Waals surface area (Å²) < 4.78 is 53.1. The molecular weight excluding hydrogens is 503 g/mol. The van der Waals surface area contributed by atoms with Gasteiger partial charge in [-0.05, 0) is 0 Å². The SMILES string of the molecule is CP(=O)(O)OP(=O)(O)OP(=O)(O)OC[C@H]1O[C@@H](n2cnc3c(=O)[nH]c(N)nc32)C(O)C1O. The Bertz CT molecular complexity index is 1210. The number of imidazole rings is 1. The first-order valence-electron chi connectivity index (χ1n) is 8.35. The van der Waals surface area contributed by atoms with Gasteiger partial charge in [-0.15, -0.1) is 0 Å². The first-order chi connectivity index (χ1) is 14.6. The Labute approximate surface area is 177 Å². The van der Waals surface area contributed by atoms with E-state index in [0.29, 0.717) is 6.66 Å². The highest BCUT2D eigenvalue weighted by Gasteiger charge is 2.46. The van der Waals surface area contributed by atoms with Crippen molar-refractivity contribution in [2.75, 3.05) is 19.0 Å². The van der Waals surface area contributed by atoms with E-state index in [1.165, 1.54) is 0 Å². The predicted molar refractivity (Wildman–Crippen MR) is 102 cm³/mol.